The molecule has 60 heavy (non-hydrogen) atoms. The van der Waals surface area contributed by atoms with E-state index in [1.807, 2.05) is 12.1 Å². The highest BCUT2D eigenvalue weighted by atomic mass is 32.2. The summed E-state index contributed by atoms with van der Waals surface area (Å²) in [6.07, 6.45) is 0. The first-order chi connectivity index (χ1) is 28.8. The van der Waals surface area contributed by atoms with E-state index in [-0.39, 0.29) is 63.9 Å². The van der Waals surface area contributed by atoms with Crippen LogP contribution in [0.3, 0.4) is 0 Å². The Morgan fingerprint density at radius 2 is 1.25 bits per heavy atom. The summed E-state index contributed by atoms with van der Waals surface area (Å²) in [7, 11) is -1.90. The lowest BCUT2D eigenvalue weighted by atomic mass is 10.1. The van der Waals surface area contributed by atoms with Crippen LogP contribution in [0.15, 0.2) is 88.4 Å². The van der Waals surface area contributed by atoms with Gasteiger partial charge in [0.05, 0.1) is 28.6 Å². The van der Waals surface area contributed by atoms with Gasteiger partial charge in [0.25, 0.3) is 11.1 Å². The Balaban J connectivity index is 1.05. The minimum absolute atomic E-state index is 0.0244. The van der Waals surface area contributed by atoms with Crippen molar-refractivity contribution < 1.29 is 22.8 Å². The maximum absolute atomic E-state index is 13.2. The van der Waals surface area contributed by atoms with Crippen molar-refractivity contribution in [3.8, 4) is 23.9 Å². The van der Waals surface area contributed by atoms with Gasteiger partial charge in [0.1, 0.15) is 23.3 Å². The minimum Gasteiger partial charge on any atom is -0.493 e. The number of aromatic nitrogens is 2. The van der Waals surface area contributed by atoms with Crippen molar-refractivity contribution in [1.82, 2.24) is 24.3 Å². The summed E-state index contributed by atoms with van der Waals surface area (Å²) in [6, 6.07) is 16.7. The van der Waals surface area contributed by atoms with Crippen molar-refractivity contribution in [3.05, 3.63) is 91.5 Å². The molecule has 1 aliphatic heterocycles. The van der Waals surface area contributed by atoms with Crippen molar-refractivity contribution in [2.75, 3.05) is 71.8 Å². The lowest BCUT2D eigenvalue weighted by Crippen LogP contribution is -2.48. The van der Waals surface area contributed by atoms with Crippen LogP contribution in [0.25, 0.3) is 0 Å². The van der Waals surface area contributed by atoms with Crippen LogP contribution in [-0.2, 0) is 27.1 Å². The molecular weight excluding hydrogens is 813 g/mol. The van der Waals surface area contributed by atoms with E-state index < -0.39 is 32.7 Å². The Morgan fingerprint density at radius 1 is 0.767 bits per heavy atom. The normalized spacial score (nSPS) is 13.9. The molecule has 0 atom stereocenters. The number of benzene rings is 2. The SMILES string of the molecule is CNCCn1c(O)c(C#N)c(C)c(N=Nc2ccc(S(=O)(=O)CCN3CCN(CCOSc4ccc(N=Nc5c(C)c(C#N)c(O)n(CCN)c5=O)cc4)CC3)cc2)c1=O. The summed E-state index contributed by atoms with van der Waals surface area (Å²) in [5.74, 6) is -0.939. The molecule has 1 aliphatic rings. The smallest absolute Gasteiger partial charge is 0.281 e. The predicted molar refractivity (Wildman–Crippen MR) is 225 cm³/mol. The van der Waals surface area contributed by atoms with E-state index in [9.17, 15) is 38.7 Å². The van der Waals surface area contributed by atoms with Crippen molar-refractivity contribution >= 4 is 44.6 Å². The van der Waals surface area contributed by atoms with Gasteiger partial charge in [0, 0.05) is 93.5 Å². The lowest BCUT2D eigenvalue weighted by molar-refractivity contribution is 0.125. The number of likely N-dealkylation sites (N-methyl/N-ethyl adjacent to an activating group) is 1. The molecule has 0 saturated carbocycles. The minimum atomic E-state index is -3.59. The molecule has 19 nitrogen and oxygen atoms in total. The Hall–Kier alpha value is -5.78. The first kappa shape index (κ1) is 45.3. The van der Waals surface area contributed by atoms with Crippen LogP contribution in [0, 0.1) is 36.5 Å². The van der Waals surface area contributed by atoms with Gasteiger partial charge in [-0.2, -0.15) is 20.8 Å². The number of sulfone groups is 1. The largest absolute Gasteiger partial charge is 0.493 e. The molecule has 5 rings (SSSR count). The van der Waals surface area contributed by atoms with E-state index in [0.717, 1.165) is 27.1 Å². The third kappa shape index (κ3) is 10.9. The van der Waals surface area contributed by atoms with Crippen molar-refractivity contribution in [3.63, 3.8) is 0 Å². The van der Waals surface area contributed by atoms with Gasteiger partial charge >= 0.3 is 0 Å². The van der Waals surface area contributed by atoms with Crippen LogP contribution < -0.4 is 22.2 Å². The number of nitrogens with zero attached hydrogens (tertiary/aromatic N) is 10. The highest BCUT2D eigenvalue weighted by Crippen LogP contribution is 2.29. The lowest BCUT2D eigenvalue weighted by Gasteiger charge is -2.34. The van der Waals surface area contributed by atoms with E-state index in [2.05, 4.69) is 35.6 Å². The predicted octanol–water partition coefficient (Wildman–Crippen LogP) is 3.91. The molecule has 3 heterocycles. The number of rotatable bonds is 18. The van der Waals surface area contributed by atoms with Crippen molar-refractivity contribution in [2.24, 2.45) is 26.2 Å². The molecular formula is C39H46N12O7S2. The maximum Gasteiger partial charge on any atom is 0.281 e. The van der Waals surface area contributed by atoms with Gasteiger partial charge in [-0.3, -0.25) is 28.5 Å². The van der Waals surface area contributed by atoms with Gasteiger partial charge < -0.3 is 25.4 Å². The molecule has 5 N–H and O–H groups in total. The van der Waals surface area contributed by atoms with E-state index in [4.69, 9.17) is 9.92 Å². The van der Waals surface area contributed by atoms with E-state index in [1.165, 1.54) is 50.2 Å². The van der Waals surface area contributed by atoms with E-state index in [0.29, 0.717) is 50.7 Å². The summed E-state index contributed by atoms with van der Waals surface area (Å²) in [5.41, 5.74) is 5.31. The third-order valence-electron chi connectivity index (χ3n) is 9.83. The van der Waals surface area contributed by atoms with Crippen LogP contribution >= 0.6 is 12.0 Å². The standard InChI is InChI=1S/C39H46N12O7S2/c1-26-32(24-41)36(52)50(14-12-40)38(54)34(26)46-44-28-4-8-30(9-5-28)59-58-22-20-48-16-18-49(19-17-48)21-23-60(56,57)31-10-6-29(7-11-31)45-47-35-27(2)33(25-42)37(53)51(39(35)55)15-13-43-3/h4-11,43,52-53H,12-23,40H2,1-3H3. The molecule has 4 aromatic rings. The molecule has 1 fully saturated rings. The molecule has 1 saturated heterocycles. The number of hydrogen-bond donors (Lipinski definition) is 4. The number of azo groups is 2. The first-order valence-electron chi connectivity index (χ1n) is 18.9. The zero-order valence-electron chi connectivity index (χ0n) is 33.4. The number of aromatic hydroxyl groups is 2. The fourth-order valence-corrected chi connectivity index (χ4v) is 8.09. The molecule has 316 valence electrons. The fourth-order valence-electron chi connectivity index (χ4n) is 6.27. The number of pyridine rings is 2. The van der Waals surface area contributed by atoms with Gasteiger partial charge in [-0.05, 0) is 69.4 Å². The second kappa shape index (κ2) is 21.0. The number of nitriles is 2. The fraction of sp³-hybridized carbons (Fsp3) is 0.385. The monoisotopic (exact) mass is 858 g/mol. The summed E-state index contributed by atoms with van der Waals surface area (Å²) in [6.45, 7) is 8.13. The first-order valence-corrected chi connectivity index (χ1v) is 21.3. The Kier molecular flexibility index (Phi) is 15.8. The second-order valence-corrected chi connectivity index (χ2v) is 16.7. The van der Waals surface area contributed by atoms with Gasteiger partial charge in [0.2, 0.25) is 11.8 Å². The molecule has 0 aliphatic carbocycles. The van der Waals surface area contributed by atoms with E-state index in [1.54, 1.807) is 31.3 Å². The topological polar surface area (TPSA) is 269 Å². The van der Waals surface area contributed by atoms with Crippen LogP contribution in [-0.4, -0.2) is 109 Å². The van der Waals surface area contributed by atoms with Gasteiger partial charge in [-0.25, -0.2) is 8.42 Å². The summed E-state index contributed by atoms with van der Waals surface area (Å²) in [4.78, 5) is 31.2. The quantitative estimate of drug-likeness (QED) is 0.0628. The molecule has 0 unspecified atom stereocenters. The van der Waals surface area contributed by atoms with Crippen molar-refractivity contribution in [2.45, 2.75) is 36.7 Å². The average molecular weight is 859 g/mol. The van der Waals surface area contributed by atoms with Crippen LogP contribution in [0.2, 0.25) is 0 Å². The molecule has 0 amide bonds. The Labute approximate surface area is 351 Å². The molecule has 2 aromatic carbocycles. The van der Waals surface area contributed by atoms with Crippen LogP contribution in [0.5, 0.6) is 11.8 Å². The summed E-state index contributed by atoms with van der Waals surface area (Å²) < 4.78 is 34.2. The number of nitrogens with two attached hydrogens (primary N) is 1. The molecule has 0 spiro atoms. The number of hydrogen-bond acceptors (Lipinski definition) is 18. The van der Waals surface area contributed by atoms with Gasteiger partial charge in [-0.15, -0.1) is 10.2 Å². The molecule has 2 aromatic heterocycles. The van der Waals surface area contributed by atoms with Crippen LogP contribution in [0.1, 0.15) is 22.3 Å². The maximum atomic E-state index is 13.2. The Bertz CT molecular complexity index is 2540. The zero-order valence-corrected chi connectivity index (χ0v) is 35.0. The van der Waals surface area contributed by atoms with Gasteiger partial charge in [-0.1, -0.05) is 0 Å². The van der Waals surface area contributed by atoms with Crippen LogP contribution in [0.4, 0.5) is 22.7 Å². The Morgan fingerprint density at radius 3 is 1.73 bits per heavy atom. The number of piperazine rings is 1. The summed E-state index contributed by atoms with van der Waals surface area (Å²) >= 11 is 1.22. The van der Waals surface area contributed by atoms with Crippen molar-refractivity contribution in [1.29, 1.82) is 10.5 Å². The average Bonchev–Trinajstić information content (AvgIpc) is 3.24. The third-order valence-corrected chi connectivity index (χ3v) is 12.3. The number of nitrogens with one attached hydrogen (secondary N) is 1. The molecule has 0 bridgehead atoms. The molecule has 21 heteroatoms. The highest BCUT2D eigenvalue weighted by molar-refractivity contribution is 7.94. The second-order valence-electron chi connectivity index (χ2n) is 13.7. The highest BCUT2D eigenvalue weighted by Gasteiger charge is 2.22. The molecule has 0 radical (unpaired) electrons. The van der Waals surface area contributed by atoms with Gasteiger partial charge in [0.15, 0.2) is 21.2 Å². The van der Waals surface area contributed by atoms with E-state index >= 15 is 0 Å². The summed E-state index contributed by atoms with van der Waals surface area (Å²) in [5, 5.41) is 59.0. The zero-order chi connectivity index (χ0) is 43.4.